The van der Waals surface area contributed by atoms with Crippen LogP contribution < -0.4 is 15.4 Å². The van der Waals surface area contributed by atoms with Crippen LogP contribution in [0.2, 0.25) is 0 Å². The standard InChI is InChI=1S/C26H28N4O6/c1-36-18-9-7-16(8-10-18)23(32)27-17-13-20-24(33)28-19-11-12-29(21(19)25(34)30(20)14-17)26(35)22(31)15-5-3-2-4-6-15/h2-10,17,19-22,31H,11-14H2,1H3,(H,27,32)(H,28,33). The minimum absolute atomic E-state index is 0.158. The van der Waals surface area contributed by atoms with Crippen LogP contribution in [0.1, 0.15) is 34.9 Å². The van der Waals surface area contributed by atoms with Gasteiger partial charge in [0.05, 0.1) is 13.2 Å². The van der Waals surface area contributed by atoms with E-state index >= 15 is 0 Å². The Morgan fingerprint density at radius 1 is 1.11 bits per heavy atom. The van der Waals surface area contributed by atoms with Crippen LogP contribution in [0.5, 0.6) is 5.75 Å². The van der Waals surface area contributed by atoms with Crippen molar-refractivity contribution in [2.45, 2.75) is 43.1 Å². The van der Waals surface area contributed by atoms with Gasteiger partial charge in [0.1, 0.15) is 17.8 Å². The largest absolute Gasteiger partial charge is 0.497 e. The quantitative estimate of drug-likeness (QED) is 0.548. The lowest BCUT2D eigenvalue weighted by molar-refractivity contribution is -0.149. The lowest BCUT2D eigenvalue weighted by Gasteiger charge is -2.30. The normalized spacial score (nSPS) is 25.9. The molecule has 3 fully saturated rings. The third-order valence-corrected chi connectivity index (χ3v) is 7.19. The van der Waals surface area contributed by atoms with Crippen molar-refractivity contribution < 1.29 is 29.0 Å². The second kappa shape index (κ2) is 9.62. The summed E-state index contributed by atoms with van der Waals surface area (Å²) in [5.74, 6) is -0.899. The zero-order chi connectivity index (χ0) is 25.4. The molecule has 36 heavy (non-hydrogen) atoms. The molecule has 10 heteroatoms. The summed E-state index contributed by atoms with van der Waals surface area (Å²) < 4.78 is 5.12. The zero-order valence-corrected chi connectivity index (χ0v) is 19.8. The molecule has 3 N–H and O–H groups in total. The van der Waals surface area contributed by atoms with Gasteiger partial charge in [-0.3, -0.25) is 19.2 Å². The number of nitrogens with one attached hydrogen (secondary N) is 2. The maximum absolute atomic E-state index is 13.6. The molecule has 0 bridgehead atoms. The van der Waals surface area contributed by atoms with Gasteiger partial charge in [0.15, 0.2) is 6.10 Å². The molecule has 3 aliphatic rings. The highest BCUT2D eigenvalue weighted by Crippen LogP contribution is 2.31. The highest BCUT2D eigenvalue weighted by atomic mass is 16.5. The molecule has 2 aromatic rings. The van der Waals surface area contributed by atoms with Gasteiger partial charge in [0, 0.05) is 24.7 Å². The van der Waals surface area contributed by atoms with Crippen LogP contribution in [0.25, 0.3) is 0 Å². The second-order valence-corrected chi connectivity index (χ2v) is 9.33. The fourth-order valence-electron chi connectivity index (χ4n) is 5.32. The lowest BCUT2D eigenvalue weighted by atomic mass is 10.1. The number of carbonyl (C=O) groups excluding carboxylic acids is 4. The first-order valence-electron chi connectivity index (χ1n) is 12.0. The first-order valence-corrected chi connectivity index (χ1v) is 12.0. The second-order valence-electron chi connectivity index (χ2n) is 9.33. The third-order valence-electron chi connectivity index (χ3n) is 7.19. The molecule has 3 heterocycles. The average Bonchev–Trinajstić information content (AvgIpc) is 3.50. The zero-order valence-electron chi connectivity index (χ0n) is 19.8. The molecule has 0 saturated carbocycles. The summed E-state index contributed by atoms with van der Waals surface area (Å²) in [4.78, 5) is 55.4. The number of methoxy groups -OCH3 is 1. The van der Waals surface area contributed by atoms with Gasteiger partial charge >= 0.3 is 0 Å². The summed E-state index contributed by atoms with van der Waals surface area (Å²) in [5, 5.41) is 16.5. The number of aliphatic hydroxyl groups is 1. The van der Waals surface area contributed by atoms with Gasteiger partial charge < -0.3 is 30.3 Å². The maximum Gasteiger partial charge on any atom is 0.256 e. The molecule has 3 aliphatic heterocycles. The van der Waals surface area contributed by atoms with E-state index in [4.69, 9.17) is 4.74 Å². The number of ether oxygens (including phenoxy) is 1. The van der Waals surface area contributed by atoms with E-state index in [-0.39, 0.29) is 37.2 Å². The van der Waals surface area contributed by atoms with E-state index in [0.717, 1.165) is 0 Å². The van der Waals surface area contributed by atoms with E-state index in [9.17, 15) is 24.3 Å². The molecule has 0 aromatic heterocycles. The van der Waals surface area contributed by atoms with Crippen LogP contribution in [-0.2, 0) is 14.4 Å². The number of hydrogen-bond acceptors (Lipinski definition) is 6. The van der Waals surface area contributed by atoms with Gasteiger partial charge in [-0.25, -0.2) is 0 Å². The molecule has 188 valence electrons. The molecular formula is C26H28N4O6. The number of benzene rings is 2. The number of nitrogens with zero attached hydrogens (tertiary/aromatic N) is 2. The van der Waals surface area contributed by atoms with E-state index in [1.165, 1.54) is 9.80 Å². The predicted molar refractivity (Wildman–Crippen MR) is 128 cm³/mol. The minimum atomic E-state index is -1.40. The monoisotopic (exact) mass is 492 g/mol. The van der Waals surface area contributed by atoms with Crippen molar-refractivity contribution in [3.8, 4) is 5.75 Å². The Balaban J connectivity index is 1.31. The molecule has 5 atom stereocenters. The summed E-state index contributed by atoms with van der Waals surface area (Å²) in [6.45, 7) is 0.408. The first-order chi connectivity index (χ1) is 17.4. The van der Waals surface area contributed by atoms with E-state index in [2.05, 4.69) is 10.6 Å². The van der Waals surface area contributed by atoms with Crippen molar-refractivity contribution in [3.05, 3.63) is 65.7 Å². The highest BCUT2D eigenvalue weighted by Gasteiger charge is 2.53. The number of rotatable bonds is 5. The van der Waals surface area contributed by atoms with Crippen molar-refractivity contribution in [1.82, 2.24) is 20.4 Å². The molecule has 5 unspecified atom stereocenters. The van der Waals surface area contributed by atoms with Gasteiger partial charge in [0.25, 0.3) is 11.8 Å². The van der Waals surface area contributed by atoms with Gasteiger partial charge in [-0.05, 0) is 42.7 Å². The van der Waals surface area contributed by atoms with Crippen molar-refractivity contribution in [2.24, 2.45) is 0 Å². The molecule has 0 radical (unpaired) electrons. The van der Waals surface area contributed by atoms with Crippen molar-refractivity contribution in [3.63, 3.8) is 0 Å². The van der Waals surface area contributed by atoms with Gasteiger partial charge in [-0.1, -0.05) is 30.3 Å². The summed E-state index contributed by atoms with van der Waals surface area (Å²) in [6.07, 6.45) is -0.699. The van der Waals surface area contributed by atoms with Crippen LogP contribution >= 0.6 is 0 Å². The summed E-state index contributed by atoms with van der Waals surface area (Å²) >= 11 is 0. The SMILES string of the molecule is COc1ccc(C(=O)NC2CC3C(=O)NC4CCN(C(=O)C(O)c5ccccc5)C4C(=O)N3C2)cc1. The van der Waals surface area contributed by atoms with E-state index < -0.39 is 36.2 Å². The number of amides is 4. The molecule has 10 nitrogen and oxygen atoms in total. The number of carbonyl (C=O) groups is 4. The van der Waals surface area contributed by atoms with Crippen molar-refractivity contribution in [1.29, 1.82) is 0 Å². The Morgan fingerprint density at radius 2 is 1.83 bits per heavy atom. The summed E-state index contributed by atoms with van der Waals surface area (Å²) in [6, 6.07) is 12.6. The Hall–Kier alpha value is -3.92. The molecule has 2 aromatic carbocycles. The summed E-state index contributed by atoms with van der Waals surface area (Å²) in [5.41, 5.74) is 0.882. The fraction of sp³-hybridized carbons (Fsp3) is 0.385. The Labute approximate surface area is 208 Å². The molecule has 4 amide bonds. The summed E-state index contributed by atoms with van der Waals surface area (Å²) in [7, 11) is 1.54. The Morgan fingerprint density at radius 3 is 2.53 bits per heavy atom. The molecule has 0 spiro atoms. The van der Waals surface area contributed by atoms with Crippen LogP contribution in [0.15, 0.2) is 54.6 Å². The number of fused-ring (bicyclic) bond motifs is 2. The van der Waals surface area contributed by atoms with Gasteiger partial charge in [-0.2, -0.15) is 0 Å². The number of hydrogen-bond donors (Lipinski definition) is 3. The predicted octanol–water partition coefficient (Wildman–Crippen LogP) is 0.227. The van der Waals surface area contributed by atoms with E-state index in [1.54, 1.807) is 61.7 Å². The van der Waals surface area contributed by atoms with E-state index in [1.807, 2.05) is 0 Å². The van der Waals surface area contributed by atoms with Crippen LogP contribution in [0, 0.1) is 0 Å². The van der Waals surface area contributed by atoms with E-state index in [0.29, 0.717) is 23.3 Å². The lowest BCUT2D eigenvalue weighted by Crippen LogP contribution is -2.53. The van der Waals surface area contributed by atoms with Gasteiger partial charge in [0.2, 0.25) is 11.8 Å². The topological polar surface area (TPSA) is 128 Å². The highest BCUT2D eigenvalue weighted by molar-refractivity contribution is 5.98. The molecule has 0 aliphatic carbocycles. The van der Waals surface area contributed by atoms with Crippen LogP contribution in [0.4, 0.5) is 0 Å². The Kier molecular flexibility index (Phi) is 6.36. The maximum atomic E-state index is 13.6. The number of likely N-dealkylation sites (tertiary alicyclic amines) is 1. The fourth-order valence-corrected chi connectivity index (χ4v) is 5.32. The van der Waals surface area contributed by atoms with Crippen molar-refractivity contribution in [2.75, 3.05) is 20.2 Å². The average molecular weight is 493 g/mol. The smallest absolute Gasteiger partial charge is 0.256 e. The van der Waals surface area contributed by atoms with Crippen LogP contribution in [0.3, 0.4) is 0 Å². The van der Waals surface area contributed by atoms with Crippen molar-refractivity contribution >= 4 is 23.6 Å². The first kappa shape index (κ1) is 23.8. The van der Waals surface area contributed by atoms with Crippen LogP contribution in [-0.4, -0.2) is 82.9 Å². The minimum Gasteiger partial charge on any atom is -0.497 e. The molecule has 3 saturated heterocycles. The van der Waals surface area contributed by atoms with Gasteiger partial charge in [-0.15, -0.1) is 0 Å². The third kappa shape index (κ3) is 4.28. The Bertz CT molecular complexity index is 1170. The molecule has 5 rings (SSSR count). The number of aliphatic hydroxyl groups excluding tert-OH is 1. The molecular weight excluding hydrogens is 464 g/mol.